The van der Waals surface area contributed by atoms with E-state index in [1.807, 2.05) is 0 Å². The number of hydrogen-bond acceptors (Lipinski definition) is 4. The third-order valence-corrected chi connectivity index (χ3v) is 3.26. The highest BCUT2D eigenvalue weighted by molar-refractivity contribution is 5.16. The standard InChI is InChI=1S/C16H31N3O/c1-14(2)11-17-12-16-15(7-10-20-16)13-19(5)9-6-8-18(3)4/h7,10,14,17H,6,8-9,11-13H2,1-5H3. The van der Waals surface area contributed by atoms with Crippen LogP contribution in [0.5, 0.6) is 0 Å². The average molecular weight is 281 g/mol. The molecule has 1 heterocycles. The van der Waals surface area contributed by atoms with Crippen molar-refractivity contribution in [2.75, 3.05) is 40.8 Å². The zero-order valence-corrected chi connectivity index (χ0v) is 13.8. The molecule has 1 N–H and O–H groups in total. The van der Waals surface area contributed by atoms with Crippen LogP contribution in [0.1, 0.15) is 31.6 Å². The summed E-state index contributed by atoms with van der Waals surface area (Å²) in [6.07, 6.45) is 3.00. The van der Waals surface area contributed by atoms with Gasteiger partial charge in [0, 0.05) is 12.1 Å². The molecule has 0 aliphatic carbocycles. The van der Waals surface area contributed by atoms with Gasteiger partial charge in [0.1, 0.15) is 5.76 Å². The summed E-state index contributed by atoms with van der Waals surface area (Å²) in [6, 6.07) is 2.09. The molecule has 0 saturated heterocycles. The molecule has 0 amide bonds. The van der Waals surface area contributed by atoms with E-state index in [1.54, 1.807) is 6.26 Å². The van der Waals surface area contributed by atoms with Gasteiger partial charge in [-0.1, -0.05) is 13.8 Å². The Labute approximate surface area is 124 Å². The van der Waals surface area contributed by atoms with Gasteiger partial charge >= 0.3 is 0 Å². The Morgan fingerprint density at radius 1 is 1.20 bits per heavy atom. The first-order valence-electron chi connectivity index (χ1n) is 7.58. The molecule has 4 nitrogen and oxygen atoms in total. The second-order valence-corrected chi connectivity index (χ2v) is 6.29. The van der Waals surface area contributed by atoms with E-state index >= 15 is 0 Å². The molecule has 116 valence electrons. The van der Waals surface area contributed by atoms with Crippen molar-refractivity contribution >= 4 is 0 Å². The Kier molecular flexibility index (Phi) is 7.88. The maximum Gasteiger partial charge on any atom is 0.122 e. The molecule has 1 aromatic rings. The molecule has 0 unspecified atom stereocenters. The monoisotopic (exact) mass is 281 g/mol. The van der Waals surface area contributed by atoms with Gasteiger partial charge in [0.25, 0.3) is 0 Å². The SMILES string of the molecule is CC(C)CNCc1occc1CN(C)CCCN(C)C. The Balaban J connectivity index is 2.34. The summed E-state index contributed by atoms with van der Waals surface area (Å²) < 4.78 is 5.59. The number of nitrogens with one attached hydrogen (secondary N) is 1. The molecular formula is C16H31N3O. The fourth-order valence-corrected chi connectivity index (χ4v) is 2.16. The lowest BCUT2D eigenvalue weighted by molar-refractivity contribution is 0.292. The summed E-state index contributed by atoms with van der Waals surface area (Å²) in [4.78, 5) is 4.59. The van der Waals surface area contributed by atoms with Gasteiger partial charge in [0.15, 0.2) is 0 Å². The van der Waals surface area contributed by atoms with Gasteiger partial charge in [-0.25, -0.2) is 0 Å². The first-order valence-corrected chi connectivity index (χ1v) is 7.58. The molecule has 0 bridgehead atoms. The topological polar surface area (TPSA) is 31.7 Å². The van der Waals surface area contributed by atoms with Crippen molar-refractivity contribution < 1.29 is 4.42 Å². The van der Waals surface area contributed by atoms with E-state index < -0.39 is 0 Å². The summed E-state index contributed by atoms with van der Waals surface area (Å²) in [5, 5.41) is 3.44. The second kappa shape index (κ2) is 9.16. The normalized spacial score (nSPS) is 12.0. The van der Waals surface area contributed by atoms with Crippen molar-refractivity contribution in [3.63, 3.8) is 0 Å². The van der Waals surface area contributed by atoms with Gasteiger partial charge in [-0.15, -0.1) is 0 Å². The number of hydrogen-bond donors (Lipinski definition) is 1. The lowest BCUT2D eigenvalue weighted by Crippen LogP contribution is -2.24. The first kappa shape index (κ1) is 17.2. The average Bonchev–Trinajstić information content (AvgIpc) is 2.75. The lowest BCUT2D eigenvalue weighted by Gasteiger charge is -2.18. The summed E-state index contributed by atoms with van der Waals surface area (Å²) >= 11 is 0. The minimum Gasteiger partial charge on any atom is -0.468 e. The van der Waals surface area contributed by atoms with E-state index in [4.69, 9.17) is 4.42 Å². The zero-order chi connectivity index (χ0) is 15.0. The largest absolute Gasteiger partial charge is 0.468 e. The van der Waals surface area contributed by atoms with E-state index in [-0.39, 0.29) is 0 Å². The maximum absolute atomic E-state index is 5.59. The third-order valence-electron chi connectivity index (χ3n) is 3.26. The molecule has 20 heavy (non-hydrogen) atoms. The maximum atomic E-state index is 5.59. The van der Waals surface area contributed by atoms with Gasteiger partial charge in [0.2, 0.25) is 0 Å². The molecule has 0 aliphatic heterocycles. The minimum absolute atomic E-state index is 0.669. The Morgan fingerprint density at radius 3 is 2.60 bits per heavy atom. The fraction of sp³-hybridized carbons (Fsp3) is 0.750. The highest BCUT2D eigenvalue weighted by Crippen LogP contribution is 2.13. The van der Waals surface area contributed by atoms with E-state index in [2.05, 4.69) is 56.2 Å². The number of rotatable bonds is 10. The number of nitrogens with zero attached hydrogens (tertiary/aromatic N) is 2. The Bertz CT molecular complexity index is 360. The summed E-state index contributed by atoms with van der Waals surface area (Å²) in [5.41, 5.74) is 1.30. The van der Waals surface area contributed by atoms with Gasteiger partial charge in [0.05, 0.1) is 12.8 Å². The van der Waals surface area contributed by atoms with E-state index in [1.165, 1.54) is 12.0 Å². The van der Waals surface area contributed by atoms with Crippen LogP contribution in [0.15, 0.2) is 16.7 Å². The second-order valence-electron chi connectivity index (χ2n) is 6.29. The molecule has 0 atom stereocenters. The Hall–Kier alpha value is -0.840. The van der Waals surface area contributed by atoms with Gasteiger partial charge < -0.3 is 19.5 Å². The van der Waals surface area contributed by atoms with Crippen molar-refractivity contribution in [3.8, 4) is 0 Å². The van der Waals surface area contributed by atoms with Crippen LogP contribution < -0.4 is 5.32 Å². The molecule has 0 spiro atoms. The number of furan rings is 1. The van der Waals surface area contributed by atoms with Crippen molar-refractivity contribution in [1.82, 2.24) is 15.1 Å². The highest BCUT2D eigenvalue weighted by atomic mass is 16.3. The molecule has 0 saturated carbocycles. The summed E-state index contributed by atoms with van der Waals surface area (Å²) in [6.45, 7) is 9.50. The van der Waals surface area contributed by atoms with Crippen molar-refractivity contribution in [2.24, 2.45) is 5.92 Å². The van der Waals surface area contributed by atoms with Gasteiger partial charge in [-0.3, -0.25) is 0 Å². The molecule has 4 heteroatoms. The highest BCUT2D eigenvalue weighted by Gasteiger charge is 2.09. The first-order chi connectivity index (χ1) is 9.49. The van der Waals surface area contributed by atoms with E-state index in [0.29, 0.717) is 5.92 Å². The molecule has 0 aliphatic rings. The van der Waals surface area contributed by atoms with Crippen LogP contribution in [0.3, 0.4) is 0 Å². The molecule has 1 rings (SSSR count). The minimum atomic E-state index is 0.669. The quantitative estimate of drug-likeness (QED) is 0.714. The third kappa shape index (κ3) is 7.08. The van der Waals surface area contributed by atoms with E-state index in [9.17, 15) is 0 Å². The van der Waals surface area contributed by atoms with Gasteiger partial charge in [-0.2, -0.15) is 0 Å². The van der Waals surface area contributed by atoms with Gasteiger partial charge in [-0.05, 0) is 59.2 Å². The van der Waals surface area contributed by atoms with Crippen molar-refractivity contribution in [1.29, 1.82) is 0 Å². The predicted octanol–water partition coefficient (Wildman–Crippen LogP) is 2.41. The van der Waals surface area contributed by atoms with Crippen LogP contribution >= 0.6 is 0 Å². The molecule has 0 radical (unpaired) electrons. The smallest absolute Gasteiger partial charge is 0.122 e. The Morgan fingerprint density at radius 2 is 1.95 bits per heavy atom. The predicted molar refractivity (Wildman–Crippen MR) is 84.8 cm³/mol. The van der Waals surface area contributed by atoms with Crippen molar-refractivity contribution in [2.45, 2.75) is 33.4 Å². The van der Waals surface area contributed by atoms with Crippen LogP contribution in [0, 0.1) is 5.92 Å². The lowest BCUT2D eigenvalue weighted by atomic mass is 10.2. The van der Waals surface area contributed by atoms with Crippen LogP contribution in [-0.2, 0) is 13.1 Å². The van der Waals surface area contributed by atoms with Crippen LogP contribution in [0.2, 0.25) is 0 Å². The van der Waals surface area contributed by atoms with Crippen LogP contribution in [0.4, 0.5) is 0 Å². The van der Waals surface area contributed by atoms with E-state index in [0.717, 1.165) is 38.5 Å². The summed E-state index contributed by atoms with van der Waals surface area (Å²) in [5.74, 6) is 1.74. The fourth-order valence-electron chi connectivity index (χ4n) is 2.16. The molecule has 0 fully saturated rings. The molecular weight excluding hydrogens is 250 g/mol. The zero-order valence-electron chi connectivity index (χ0n) is 13.8. The van der Waals surface area contributed by atoms with Crippen LogP contribution in [-0.4, -0.2) is 50.6 Å². The summed E-state index contributed by atoms with van der Waals surface area (Å²) in [7, 11) is 6.41. The molecule has 1 aromatic heterocycles. The van der Waals surface area contributed by atoms with Crippen LogP contribution in [0.25, 0.3) is 0 Å². The molecule has 0 aromatic carbocycles. The van der Waals surface area contributed by atoms with Crippen molar-refractivity contribution in [3.05, 3.63) is 23.7 Å².